The molecule has 0 aromatic rings. The molecule has 0 aromatic carbocycles. The van der Waals surface area contributed by atoms with Crippen LogP contribution in [0, 0.1) is 12.3 Å². The summed E-state index contributed by atoms with van der Waals surface area (Å²) in [4.78, 5) is 11.2. The predicted molar refractivity (Wildman–Crippen MR) is 59.3 cm³/mol. The van der Waals surface area contributed by atoms with E-state index in [4.69, 9.17) is 15.9 Å². The molecule has 0 unspecified atom stereocenters. The molecule has 0 bridgehead atoms. The molecule has 0 rings (SSSR count). The van der Waals surface area contributed by atoms with Crippen LogP contribution in [-0.2, 0) is 14.3 Å². The molecular formula is C12H20O3. The number of ether oxygens (including phenoxy) is 2. The fraction of sp³-hybridized carbons (Fsp3) is 0.750. The molecule has 0 aliphatic heterocycles. The first-order chi connectivity index (χ1) is 6.95. The lowest BCUT2D eigenvalue weighted by Gasteiger charge is -2.19. The lowest BCUT2D eigenvalue weighted by molar-refractivity contribution is -0.160. The fourth-order valence-corrected chi connectivity index (χ4v) is 0.958. The van der Waals surface area contributed by atoms with E-state index in [1.165, 1.54) is 0 Å². The van der Waals surface area contributed by atoms with E-state index in [1.807, 2.05) is 20.8 Å². The molecule has 15 heavy (non-hydrogen) atoms. The van der Waals surface area contributed by atoms with Gasteiger partial charge in [0.2, 0.25) is 0 Å². The van der Waals surface area contributed by atoms with Crippen molar-refractivity contribution in [3.8, 4) is 12.3 Å². The third-order valence-corrected chi connectivity index (χ3v) is 1.50. The summed E-state index contributed by atoms with van der Waals surface area (Å²) in [7, 11) is 0. The Morgan fingerprint density at radius 3 is 2.53 bits per heavy atom. The molecule has 0 aliphatic carbocycles. The van der Waals surface area contributed by atoms with Gasteiger partial charge in [-0.3, -0.25) is 0 Å². The van der Waals surface area contributed by atoms with Crippen LogP contribution < -0.4 is 0 Å². The first kappa shape index (κ1) is 14.0. The highest BCUT2D eigenvalue weighted by Gasteiger charge is 2.15. The summed E-state index contributed by atoms with van der Waals surface area (Å²) < 4.78 is 10.2. The van der Waals surface area contributed by atoms with Gasteiger partial charge in [-0.05, 0) is 33.6 Å². The van der Waals surface area contributed by atoms with Crippen molar-refractivity contribution in [2.24, 2.45) is 0 Å². The van der Waals surface area contributed by atoms with Crippen LogP contribution in [0.2, 0.25) is 0 Å². The lowest BCUT2D eigenvalue weighted by atomic mass is 10.2. The maximum atomic E-state index is 11.2. The normalized spacial score (nSPS) is 10.8. The molecule has 0 N–H and O–H groups in total. The van der Waals surface area contributed by atoms with Gasteiger partial charge in [0.25, 0.3) is 0 Å². The largest absolute Gasteiger partial charge is 0.458 e. The summed E-state index contributed by atoms with van der Waals surface area (Å²) in [5, 5.41) is 0. The Kier molecular flexibility index (Phi) is 6.81. The van der Waals surface area contributed by atoms with Gasteiger partial charge in [-0.1, -0.05) is 0 Å². The molecule has 0 fully saturated rings. The summed E-state index contributed by atoms with van der Waals surface area (Å²) in [5.41, 5.74) is -0.441. The molecule has 0 spiro atoms. The van der Waals surface area contributed by atoms with Gasteiger partial charge in [0, 0.05) is 13.0 Å². The molecule has 0 atom stereocenters. The minimum Gasteiger partial charge on any atom is -0.458 e. The molecule has 0 aromatic heterocycles. The van der Waals surface area contributed by atoms with Crippen molar-refractivity contribution in [1.29, 1.82) is 0 Å². The molecule has 3 nitrogen and oxygen atoms in total. The van der Waals surface area contributed by atoms with Crippen molar-refractivity contribution in [3.05, 3.63) is 0 Å². The highest BCUT2D eigenvalue weighted by Crippen LogP contribution is 2.06. The van der Waals surface area contributed by atoms with E-state index >= 15 is 0 Å². The van der Waals surface area contributed by atoms with Crippen molar-refractivity contribution in [3.63, 3.8) is 0 Å². The predicted octanol–water partition coefficient (Wildman–Crippen LogP) is 2.15. The maximum absolute atomic E-state index is 11.2. The number of carbonyl (C=O) groups excluding carboxylic acids is 1. The molecule has 86 valence electrons. The van der Waals surface area contributed by atoms with Crippen molar-refractivity contribution < 1.29 is 14.3 Å². The minimum absolute atomic E-state index is 0.0212. The summed E-state index contributed by atoms with van der Waals surface area (Å²) in [6.45, 7) is 6.07. The highest BCUT2D eigenvalue weighted by molar-refractivity contribution is 5.71. The number of unbranched alkanes of at least 4 members (excludes halogenated alkanes) is 2. The van der Waals surface area contributed by atoms with E-state index in [1.54, 1.807) is 0 Å². The number of terminal acetylenes is 1. The third-order valence-electron chi connectivity index (χ3n) is 1.50. The van der Waals surface area contributed by atoms with Crippen molar-refractivity contribution in [2.45, 2.75) is 45.6 Å². The van der Waals surface area contributed by atoms with Crippen LogP contribution in [0.3, 0.4) is 0 Å². The highest BCUT2D eigenvalue weighted by atomic mass is 16.6. The van der Waals surface area contributed by atoms with Crippen molar-refractivity contribution in [2.75, 3.05) is 13.2 Å². The minimum atomic E-state index is -0.441. The Bertz CT molecular complexity index is 220. The Balaban J connectivity index is 3.37. The maximum Gasteiger partial charge on any atom is 0.332 e. The monoisotopic (exact) mass is 212 g/mol. The summed E-state index contributed by atoms with van der Waals surface area (Å²) in [5.74, 6) is 2.23. The van der Waals surface area contributed by atoms with Gasteiger partial charge in [-0.25, -0.2) is 4.79 Å². The summed E-state index contributed by atoms with van der Waals surface area (Å²) in [6, 6.07) is 0. The molecule has 0 heterocycles. The van der Waals surface area contributed by atoms with E-state index < -0.39 is 5.60 Å². The second-order valence-electron chi connectivity index (χ2n) is 4.30. The fourth-order valence-electron chi connectivity index (χ4n) is 0.958. The molecule has 0 amide bonds. The number of rotatable bonds is 6. The molecule has 0 saturated heterocycles. The SMILES string of the molecule is C#CCCCCOCC(=O)OC(C)(C)C. The Hall–Kier alpha value is -1.01. The summed E-state index contributed by atoms with van der Waals surface area (Å²) in [6.07, 6.45) is 7.67. The zero-order valence-corrected chi connectivity index (χ0v) is 9.84. The van der Waals surface area contributed by atoms with Gasteiger partial charge < -0.3 is 9.47 Å². The van der Waals surface area contributed by atoms with Crippen LogP contribution in [-0.4, -0.2) is 24.8 Å². The van der Waals surface area contributed by atoms with Crippen LogP contribution in [0.25, 0.3) is 0 Å². The van der Waals surface area contributed by atoms with Gasteiger partial charge in [-0.15, -0.1) is 12.3 Å². The van der Waals surface area contributed by atoms with E-state index in [0.29, 0.717) is 6.61 Å². The van der Waals surface area contributed by atoms with Gasteiger partial charge in [0.05, 0.1) is 0 Å². The zero-order valence-electron chi connectivity index (χ0n) is 9.84. The topological polar surface area (TPSA) is 35.5 Å². The Morgan fingerprint density at radius 1 is 1.33 bits per heavy atom. The van der Waals surface area contributed by atoms with E-state index in [9.17, 15) is 4.79 Å². The van der Waals surface area contributed by atoms with Gasteiger partial charge in [0.15, 0.2) is 0 Å². The molecule has 0 aliphatic rings. The van der Waals surface area contributed by atoms with Crippen LogP contribution in [0.15, 0.2) is 0 Å². The first-order valence-corrected chi connectivity index (χ1v) is 5.19. The molecular weight excluding hydrogens is 192 g/mol. The number of hydrogen-bond acceptors (Lipinski definition) is 3. The molecule has 3 heteroatoms. The number of hydrogen-bond donors (Lipinski definition) is 0. The molecule has 0 saturated carbocycles. The van der Waals surface area contributed by atoms with Gasteiger partial charge >= 0.3 is 5.97 Å². The third kappa shape index (κ3) is 10.9. The zero-order chi connectivity index (χ0) is 11.7. The lowest BCUT2D eigenvalue weighted by Crippen LogP contribution is -2.26. The second-order valence-corrected chi connectivity index (χ2v) is 4.30. The average molecular weight is 212 g/mol. The molecule has 0 radical (unpaired) electrons. The average Bonchev–Trinajstić information content (AvgIpc) is 2.08. The summed E-state index contributed by atoms with van der Waals surface area (Å²) >= 11 is 0. The smallest absolute Gasteiger partial charge is 0.332 e. The first-order valence-electron chi connectivity index (χ1n) is 5.19. The Labute approximate surface area is 92.1 Å². The van der Waals surface area contributed by atoms with Crippen LogP contribution in [0.5, 0.6) is 0 Å². The number of esters is 1. The van der Waals surface area contributed by atoms with Gasteiger partial charge in [0.1, 0.15) is 12.2 Å². The van der Waals surface area contributed by atoms with E-state index in [-0.39, 0.29) is 12.6 Å². The van der Waals surface area contributed by atoms with Crippen LogP contribution in [0.4, 0.5) is 0 Å². The van der Waals surface area contributed by atoms with E-state index in [2.05, 4.69) is 5.92 Å². The van der Waals surface area contributed by atoms with E-state index in [0.717, 1.165) is 19.3 Å². The van der Waals surface area contributed by atoms with Crippen molar-refractivity contribution >= 4 is 5.97 Å². The standard InChI is InChI=1S/C12H20O3/c1-5-6-7-8-9-14-10-11(13)15-12(2,3)4/h1H,6-10H2,2-4H3. The van der Waals surface area contributed by atoms with Crippen molar-refractivity contribution in [1.82, 2.24) is 0 Å². The van der Waals surface area contributed by atoms with Crippen LogP contribution >= 0.6 is 0 Å². The quantitative estimate of drug-likeness (QED) is 0.384. The van der Waals surface area contributed by atoms with Crippen LogP contribution in [0.1, 0.15) is 40.0 Å². The Morgan fingerprint density at radius 2 is 2.00 bits per heavy atom. The second kappa shape index (κ2) is 7.30. The van der Waals surface area contributed by atoms with Gasteiger partial charge in [-0.2, -0.15) is 0 Å². The number of carbonyl (C=O) groups is 1.